The molecule has 1 N–H and O–H groups in total. The van der Waals surface area contributed by atoms with Gasteiger partial charge in [-0.15, -0.1) is 0 Å². The van der Waals surface area contributed by atoms with E-state index in [-0.39, 0.29) is 11.9 Å². The zero-order valence-corrected chi connectivity index (χ0v) is 26.1. The summed E-state index contributed by atoms with van der Waals surface area (Å²) in [5, 5.41) is 1.26. The maximum Gasteiger partial charge on any atom is 0.247 e. The van der Waals surface area contributed by atoms with E-state index in [1.807, 2.05) is 135 Å². The summed E-state index contributed by atoms with van der Waals surface area (Å²) in [6.07, 6.45) is 4.44. The second kappa shape index (κ2) is 21.4. The van der Waals surface area contributed by atoms with Crippen LogP contribution in [0.15, 0.2) is 91.0 Å². The van der Waals surface area contributed by atoms with Gasteiger partial charge in [0.15, 0.2) is 0 Å². The molecule has 0 bridgehead atoms. The molecule has 212 valence electrons. The molecule has 0 saturated heterocycles. The Hall–Kier alpha value is -3.59. The topological polar surface area (TPSA) is 36.1 Å². The minimum atomic E-state index is -0.111. The van der Waals surface area contributed by atoms with Gasteiger partial charge in [0, 0.05) is 29.2 Å². The van der Waals surface area contributed by atoms with Gasteiger partial charge in [0.25, 0.3) is 0 Å². The van der Waals surface area contributed by atoms with E-state index in [2.05, 4.69) is 35.3 Å². The first kappa shape index (κ1) is 35.4. The number of nitrogens with zero attached hydrogens (tertiary/aromatic N) is 1. The quantitative estimate of drug-likeness (QED) is 0.264. The Bertz CT molecular complexity index is 1180. The maximum atomic E-state index is 13.2. The standard InChI is InChI=1S/C26H22N2O.5C2H6/c29-24(16-15-19-9-3-1-4-10-19)28-18-17-22-21-13-7-8-14-23(21)27-25(22)26(28)20-11-5-2-6-12-20;5*1-2/h1-16,26-27H,17-18H2;5*1-2H3/b16-15+;;;;;. The summed E-state index contributed by atoms with van der Waals surface area (Å²) in [4.78, 5) is 18.8. The second-order valence-electron chi connectivity index (χ2n) is 7.40. The Balaban J connectivity index is 0.00000131. The highest BCUT2D eigenvalue weighted by atomic mass is 16.2. The Kier molecular flexibility index (Phi) is 19.4. The Morgan fingerprint density at radius 3 is 1.82 bits per heavy atom. The molecule has 39 heavy (non-hydrogen) atoms. The summed E-state index contributed by atoms with van der Waals surface area (Å²) in [6.45, 7) is 20.7. The molecule has 5 rings (SSSR count). The Labute approximate surface area is 239 Å². The van der Waals surface area contributed by atoms with E-state index in [1.165, 1.54) is 10.9 Å². The normalized spacial score (nSPS) is 12.9. The highest BCUT2D eigenvalue weighted by Gasteiger charge is 2.33. The molecule has 3 aromatic carbocycles. The van der Waals surface area contributed by atoms with Gasteiger partial charge in [0.05, 0.1) is 6.04 Å². The molecule has 1 unspecified atom stereocenters. The van der Waals surface area contributed by atoms with Crippen LogP contribution in [0, 0.1) is 0 Å². The van der Waals surface area contributed by atoms with Crippen LogP contribution in [-0.2, 0) is 11.2 Å². The van der Waals surface area contributed by atoms with Crippen LogP contribution in [0.1, 0.15) is 97.7 Å². The van der Waals surface area contributed by atoms with E-state index in [4.69, 9.17) is 0 Å². The van der Waals surface area contributed by atoms with Crippen molar-refractivity contribution in [3.05, 3.63) is 113 Å². The summed E-state index contributed by atoms with van der Waals surface area (Å²) in [5.74, 6) is 0.0343. The summed E-state index contributed by atoms with van der Waals surface area (Å²) >= 11 is 0. The smallest absolute Gasteiger partial charge is 0.247 e. The first-order valence-corrected chi connectivity index (χ1v) is 15.0. The molecule has 1 amide bonds. The van der Waals surface area contributed by atoms with Crippen LogP contribution in [0.5, 0.6) is 0 Å². The third-order valence-corrected chi connectivity index (χ3v) is 5.65. The molecule has 3 nitrogen and oxygen atoms in total. The third-order valence-electron chi connectivity index (χ3n) is 5.65. The maximum absolute atomic E-state index is 13.2. The number of aromatic amines is 1. The fraction of sp³-hybridized carbons (Fsp3) is 0.361. The van der Waals surface area contributed by atoms with Crippen molar-refractivity contribution >= 4 is 22.9 Å². The van der Waals surface area contributed by atoms with Gasteiger partial charge in [0.1, 0.15) is 0 Å². The summed E-state index contributed by atoms with van der Waals surface area (Å²) < 4.78 is 0. The number of aromatic nitrogens is 1. The van der Waals surface area contributed by atoms with Gasteiger partial charge in [-0.1, -0.05) is 148 Å². The van der Waals surface area contributed by atoms with E-state index in [0.29, 0.717) is 6.54 Å². The molecule has 1 aliphatic rings. The minimum absolute atomic E-state index is 0.0343. The molecule has 0 aliphatic carbocycles. The van der Waals surface area contributed by atoms with Crippen molar-refractivity contribution in [3.63, 3.8) is 0 Å². The number of nitrogens with one attached hydrogen (secondary N) is 1. The molecule has 4 aromatic rings. The van der Waals surface area contributed by atoms with Gasteiger partial charge in [-0.25, -0.2) is 0 Å². The molecular weight excluding hydrogens is 476 g/mol. The van der Waals surface area contributed by atoms with E-state index in [0.717, 1.165) is 28.8 Å². The number of H-pyrrole nitrogens is 1. The third kappa shape index (κ3) is 9.58. The van der Waals surface area contributed by atoms with Crippen LogP contribution >= 0.6 is 0 Å². The minimum Gasteiger partial charge on any atom is -0.356 e. The van der Waals surface area contributed by atoms with E-state index in [9.17, 15) is 4.79 Å². The average Bonchev–Trinajstić information content (AvgIpc) is 3.44. The number of carbonyl (C=O) groups is 1. The lowest BCUT2D eigenvalue weighted by Crippen LogP contribution is -2.39. The zero-order valence-electron chi connectivity index (χ0n) is 26.1. The lowest BCUT2D eigenvalue weighted by molar-refractivity contribution is -0.128. The second-order valence-corrected chi connectivity index (χ2v) is 7.40. The average molecular weight is 529 g/mol. The van der Waals surface area contributed by atoms with Crippen LogP contribution in [0.2, 0.25) is 0 Å². The van der Waals surface area contributed by atoms with Gasteiger partial charge in [0.2, 0.25) is 5.91 Å². The van der Waals surface area contributed by atoms with Crippen molar-refractivity contribution < 1.29 is 4.79 Å². The SMILES string of the molecule is CC.CC.CC.CC.CC.O=C(/C=C/c1ccccc1)N1CCc2c([nH]c3ccccc23)C1c1ccccc1. The van der Waals surface area contributed by atoms with E-state index in [1.54, 1.807) is 6.08 Å². The van der Waals surface area contributed by atoms with Crippen LogP contribution in [-0.4, -0.2) is 22.3 Å². The lowest BCUT2D eigenvalue weighted by Gasteiger charge is -2.35. The van der Waals surface area contributed by atoms with Crippen LogP contribution < -0.4 is 0 Å². The molecule has 0 saturated carbocycles. The van der Waals surface area contributed by atoms with Gasteiger partial charge in [-0.2, -0.15) is 0 Å². The number of amides is 1. The molecule has 0 fully saturated rings. The molecule has 2 heterocycles. The lowest BCUT2D eigenvalue weighted by atomic mass is 9.92. The van der Waals surface area contributed by atoms with Gasteiger partial charge in [-0.05, 0) is 35.3 Å². The molecule has 0 radical (unpaired) electrons. The number of benzene rings is 3. The first-order valence-electron chi connectivity index (χ1n) is 15.0. The van der Waals surface area contributed by atoms with Crippen LogP contribution in [0.3, 0.4) is 0 Å². The number of rotatable bonds is 3. The molecule has 1 aromatic heterocycles. The van der Waals surface area contributed by atoms with E-state index >= 15 is 0 Å². The Morgan fingerprint density at radius 1 is 0.718 bits per heavy atom. The number of hydrogen-bond donors (Lipinski definition) is 1. The van der Waals surface area contributed by atoms with Crippen molar-refractivity contribution in [2.24, 2.45) is 0 Å². The van der Waals surface area contributed by atoms with Gasteiger partial charge >= 0.3 is 0 Å². The predicted molar refractivity (Wildman–Crippen MR) is 174 cm³/mol. The Morgan fingerprint density at radius 2 is 1.23 bits per heavy atom. The molecule has 1 atom stereocenters. The van der Waals surface area contributed by atoms with E-state index < -0.39 is 0 Å². The van der Waals surface area contributed by atoms with Crippen molar-refractivity contribution in [1.29, 1.82) is 0 Å². The number of para-hydroxylation sites is 1. The van der Waals surface area contributed by atoms with Crippen molar-refractivity contribution in [3.8, 4) is 0 Å². The largest absolute Gasteiger partial charge is 0.356 e. The van der Waals surface area contributed by atoms with Crippen molar-refractivity contribution in [2.45, 2.75) is 81.7 Å². The summed E-state index contributed by atoms with van der Waals surface area (Å²) in [7, 11) is 0. The van der Waals surface area contributed by atoms with Crippen LogP contribution in [0.25, 0.3) is 17.0 Å². The highest BCUT2D eigenvalue weighted by molar-refractivity contribution is 5.93. The highest BCUT2D eigenvalue weighted by Crippen LogP contribution is 2.38. The monoisotopic (exact) mass is 528 g/mol. The fourth-order valence-electron chi connectivity index (χ4n) is 4.29. The molecule has 0 spiro atoms. The van der Waals surface area contributed by atoms with Gasteiger partial charge < -0.3 is 9.88 Å². The fourth-order valence-corrected chi connectivity index (χ4v) is 4.29. The number of hydrogen-bond acceptors (Lipinski definition) is 1. The zero-order chi connectivity index (χ0) is 29.6. The van der Waals surface area contributed by atoms with Crippen molar-refractivity contribution in [1.82, 2.24) is 9.88 Å². The number of fused-ring (bicyclic) bond motifs is 3. The molecular formula is C36H52N2O. The van der Waals surface area contributed by atoms with Crippen LogP contribution in [0.4, 0.5) is 0 Å². The summed E-state index contributed by atoms with van der Waals surface area (Å²) in [5.41, 5.74) is 5.74. The van der Waals surface area contributed by atoms with Gasteiger partial charge in [-0.3, -0.25) is 4.79 Å². The predicted octanol–water partition coefficient (Wildman–Crippen LogP) is 10.5. The molecule has 3 heteroatoms. The molecule has 1 aliphatic heterocycles. The van der Waals surface area contributed by atoms with Crippen molar-refractivity contribution in [2.75, 3.05) is 6.54 Å². The summed E-state index contributed by atoms with van der Waals surface area (Å²) in [6, 6.07) is 28.5. The number of carbonyl (C=O) groups excluding carboxylic acids is 1. The first-order chi connectivity index (χ1) is 19.3.